The number of rotatable bonds is 6. The molecule has 0 aromatic carbocycles. The van der Waals surface area contributed by atoms with Gasteiger partial charge in [0.25, 0.3) is 0 Å². The maximum absolute atomic E-state index is 10.7. The Morgan fingerprint density at radius 3 is 2.50 bits per heavy atom. The van der Waals surface area contributed by atoms with E-state index in [9.17, 15) is 4.79 Å². The highest BCUT2D eigenvalue weighted by atomic mass is 16.5. The van der Waals surface area contributed by atoms with Gasteiger partial charge in [-0.1, -0.05) is 0 Å². The molecule has 94 valence electrons. The first kappa shape index (κ1) is 13.4. The molecule has 0 spiro atoms. The first-order chi connectivity index (χ1) is 7.49. The van der Waals surface area contributed by atoms with Crippen LogP contribution >= 0.6 is 0 Å². The normalized spacial score (nSPS) is 25.6. The summed E-state index contributed by atoms with van der Waals surface area (Å²) >= 11 is 0. The van der Waals surface area contributed by atoms with Crippen LogP contribution in [0.15, 0.2) is 0 Å². The number of carboxylic acids is 1. The summed E-state index contributed by atoms with van der Waals surface area (Å²) in [5.74, 6) is -0.835. The van der Waals surface area contributed by atoms with Crippen molar-refractivity contribution in [2.75, 3.05) is 40.8 Å². The van der Waals surface area contributed by atoms with Gasteiger partial charge in [-0.2, -0.15) is 0 Å². The summed E-state index contributed by atoms with van der Waals surface area (Å²) in [6, 6.07) is 0. The molecule has 5 nitrogen and oxygen atoms in total. The third-order valence-electron chi connectivity index (χ3n) is 2.83. The molecular formula is C11H22N2O3. The van der Waals surface area contributed by atoms with E-state index >= 15 is 0 Å². The van der Waals surface area contributed by atoms with Crippen molar-refractivity contribution in [2.24, 2.45) is 0 Å². The van der Waals surface area contributed by atoms with Gasteiger partial charge in [0.15, 0.2) is 6.10 Å². The lowest BCUT2D eigenvalue weighted by Crippen LogP contribution is -2.35. The van der Waals surface area contributed by atoms with Crippen LogP contribution in [0.4, 0.5) is 0 Å². The second-order valence-electron chi connectivity index (χ2n) is 4.73. The Kier molecular flexibility index (Phi) is 5.18. The Morgan fingerprint density at radius 1 is 1.31 bits per heavy atom. The van der Waals surface area contributed by atoms with Crippen molar-refractivity contribution in [1.82, 2.24) is 9.80 Å². The molecule has 1 aliphatic heterocycles. The van der Waals surface area contributed by atoms with Crippen LogP contribution in [0.1, 0.15) is 12.8 Å². The Bertz CT molecular complexity index is 233. The van der Waals surface area contributed by atoms with Crippen LogP contribution in [0, 0.1) is 0 Å². The van der Waals surface area contributed by atoms with Crippen LogP contribution in [-0.2, 0) is 9.53 Å². The van der Waals surface area contributed by atoms with Gasteiger partial charge in [-0.3, -0.25) is 0 Å². The zero-order valence-corrected chi connectivity index (χ0v) is 10.3. The smallest absolute Gasteiger partial charge is 0.332 e. The number of aliphatic carboxylic acids is 1. The van der Waals surface area contributed by atoms with Gasteiger partial charge in [-0.05, 0) is 34.0 Å². The van der Waals surface area contributed by atoms with Crippen molar-refractivity contribution >= 4 is 5.97 Å². The molecule has 0 aromatic heterocycles. The lowest BCUT2D eigenvalue weighted by atomic mass is 10.2. The third kappa shape index (κ3) is 4.47. The molecule has 2 unspecified atom stereocenters. The molecule has 0 aromatic rings. The molecule has 1 rings (SSSR count). The Hall–Kier alpha value is -0.650. The minimum Gasteiger partial charge on any atom is -0.479 e. The van der Waals surface area contributed by atoms with Crippen molar-refractivity contribution in [2.45, 2.75) is 25.0 Å². The molecule has 1 aliphatic rings. The zero-order chi connectivity index (χ0) is 12.1. The van der Waals surface area contributed by atoms with E-state index in [4.69, 9.17) is 9.84 Å². The third-order valence-corrected chi connectivity index (χ3v) is 2.83. The zero-order valence-electron chi connectivity index (χ0n) is 10.3. The van der Waals surface area contributed by atoms with Crippen LogP contribution in [-0.4, -0.2) is 73.9 Å². The van der Waals surface area contributed by atoms with E-state index in [1.54, 1.807) is 0 Å². The summed E-state index contributed by atoms with van der Waals surface area (Å²) in [5.41, 5.74) is 0. The van der Waals surface area contributed by atoms with Gasteiger partial charge < -0.3 is 19.6 Å². The SMILES string of the molecule is CN(C)CCN(C)CC1CCC(C(=O)O)O1. The van der Waals surface area contributed by atoms with E-state index in [1.807, 2.05) is 21.1 Å². The van der Waals surface area contributed by atoms with Crippen molar-refractivity contribution in [3.05, 3.63) is 0 Å². The Labute approximate surface area is 97.0 Å². The summed E-state index contributed by atoms with van der Waals surface area (Å²) in [5, 5.41) is 8.80. The Morgan fingerprint density at radius 2 is 2.00 bits per heavy atom. The van der Waals surface area contributed by atoms with Crippen LogP contribution in [0.25, 0.3) is 0 Å². The number of hydrogen-bond acceptors (Lipinski definition) is 4. The van der Waals surface area contributed by atoms with Gasteiger partial charge >= 0.3 is 5.97 Å². The average molecular weight is 230 g/mol. The first-order valence-electron chi connectivity index (χ1n) is 5.70. The lowest BCUT2D eigenvalue weighted by molar-refractivity contribution is -0.149. The summed E-state index contributed by atoms with van der Waals surface area (Å²) in [4.78, 5) is 15.0. The fourth-order valence-corrected chi connectivity index (χ4v) is 1.83. The molecule has 0 saturated carbocycles. The summed E-state index contributed by atoms with van der Waals surface area (Å²) < 4.78 is 5.45. The summed E-state index contributed by atoms with van der Waals surface area (Å²) in [6.07, 6.45) is 0.977. The minimum atomic E-state index is -0.835. The van der Waals surface area contributed by atoms with E-state index in [0.717, 1.165) is 26.1 Å². The fraction of sp³-hybridized carbons (Fsp3) is 0.909. The molecule has 0 amide bonds. The standard InChI is InChI=1S/C11H22N2O3/c1-12(2)6-7-13(3)8-9-4-5-10(16-9)11(14)15/h9-10H,4-8H2,1-3H3,(H,14,15). The number of likely N-dealkylation sites (N-methyl/N-ethyl adjacent to an activating group) is 2. The van der Waals surface area contributed by atoms with Gasteiger partial charge in [0.2, 0.25) is 0 Å². The monoisotopic (exact) mass is 230 g/mol. The molecule has 0 bridgehead atoms. The van der Waals surface area contributed by atoms with Gasteiger partial charge in [-0.15, -0.1) is 0 Å². The highest BCUT2D eigenvalue weighted by molar-refractivity contribution is 5.72. The van der Waals surface area contributed by atoms with Crippen molar-refractivity contribution in [3.63, 3.8) is 0 Å². The van der Waals surface area contributed by atoms with E-state index in [-0.39, 0.29) is 6.10 Å². The van der Waals surface area contributed by atoms with Crippen molar-refractivity contribution in [1.29, 1.82) is 0 Å². The first-order valence-corrected chi connectivity index (χ1v) is 5.70. The Balaban J connectivity index is 2.20. The van der Waals surface area contributed by atoms with E-state index in [1.165, 1.54) is 0 Å². The number of carboxylic acid groups (broad SMARTS) is 1. The number of ether oxygens (including phenoxy) is 1. The topological polar surface area (TPSA) is 53.0 Å². The molecule has 1 N–H and O–H groups in total. The quantitative estimate of drug-likeness (QED) is 0.702. The number of hydrogen-bond donors (Lipinski definition) is 1. The van der Waals surface area contributed by atoms with Crippen molar-refractivity contribution < 1.29 is 14.6 Å². The molecule has 0 radical (unpaired) electrons. The van der Waals surface area contributed by atoms with Gasteiger partial charge in [0, 0.05) is 19.6 Å². The minimum absolute atomic E-state index is 0.0771. The molecule has 1 saturated heterocycles. The van der Waals surface area contributed by atoms with Crippen LogP contribution < -0.4 is 0 Å². The maximum atomic E-state index is 10.7. The fourth-order valence-electron chi connectivity index (χ4n) is 1.83. The van der Waals surface area contributed by atoms with E-state index in [0.29, 0.717) is 6.42 Å². The molecular weight excluding hydrogens is 208 g/mol. The summed E-state index contributed by atoms with van der Waals surface area (Å²) in [7, 11) is 6.13. The highest BCUT2D eigenvalue weighted by Gasteiger charge is 2.30. The molecule has 16 heavy (non-hydrogen) atoms. The highest BCUT2D eigenvalue weighted by Crippen LogP contribution is 2.20. The number of carbonyl (C=O) groups is 1. The number of nitrogens with zero attached hydrogens (tertiary/aromatic N) is 2. The van der Waals surface area contributed by atoms with Crippen molar-refractivity contribution in [3.8, 4) is 0 Å². The van der Waals surface area contributed by atoms with Crippen LogP contribution in [0.2, 0.25) is 0 Å². The van der Waals surface area contributed by atoms with E-state index in [2.05, 4.69) is 9.80 Å². The second-order valence-corrected chi connectivity index (χ2v) is 4.73. The molecule has 1 fully saturated rings. The predicted octanol–water partition coefficient (Wildman–Crippen LogP) is 0.112. The van der Waals surface area contributed by atoms with Gasteiger partial charge in [0.05, 0.1) is 6.10 Å². The largest absolute Gasteiger partial charge is 0.479 e. The van der Waals surface area contributed by atoms with E-state index < -0.39 is 12.1 Å². The maximum Gasteiger partial charge on any atom is 0.332 e. The van der Waals surface area contributed by atoms with Crippen LogP contribution in [0.3, 0.4) is 0 Å². The van der Waals surface area contributed by atoms with Gasteiger partial charge in [0.1, 0.15) is 0 Å². The lowest BCUT2D eigenvalue weighted by Gasteiger charge is -2.22. The van der Waals surface area contributed by atoms with Gasteiger partial charge in [-0.25, -0.2) is 4.79 Å². The molecule has 0 aliphatic carbocycles. The average Bonchev–Trinajstić information content (AvgIpc) is 2.63. The second kappa shape index (κ2) is 6.18. The molecule has 2 atom stereocenters. The predicted molar refractivity (Wildman–Crippen MR) is 61.6 cm³/mol. The molecule has 1 heterocycles. The summed E-state index contributed by atoms with van der Waals surface area (Å²) in [6.45, 7) is 2.80. The molecule has 5 heteroatoms. The van der Waals surface area contributed by atoms with Crippen LogP contribution in [0.5, 0.6) is 0 Å².